The summed E-state index contributed by atoms with van der Waals surface area (Å²) < 4.78 is 0. The summed E-state index contributed by atoms with van der Waals surface area (Å²) in [5.41, 5.74) is 0.893. The maximum Gasteiger partial charge on any atom is 0.101 e. The van der Waals surface area contributed by atoms with Crippen molar-refractivity contribution in [2.24, 2.45) is 0 Å². The lowest BCUT2D eigenvalue weighted by atomic mass is 10.1. The smallest absolute Gasteiger partial charge is 0.101 e. The summed E-state index contributed by atoms with van der Waals surface area (Å²) in [6, 6.07) is 9.36. The fourth-order valence-electron chi connectivity index (χ4n) is 1.06. The second kappa shape index (κ2) is 6.40. The van der Waals surface area contributed by atoms with E-state index >= 15 is 0 Å². The minimum absolute atomic E-state index is 0.441. The lowest BCUT2D eigenvalue weighted by molar-refractivity contribution is 1.13. The summed E-state index contributed by atoms with van der Waals surface area (Å²) in [6.45, 7) is 0. The average molecular weight is 234 g/mol. The number of hydrogen-bond donors (Lipinski definition) is 1. The van der Waals surface area contributed by atoms with Crippen LogP contribution >= 0.6 is 24.4 Å². The minimum atomic E-state index is 0.441. The highest BCUT2D eigenvalue weighted by molar-refractivity contribution is 7.99. The van der Waals surface area contributed by atoms with Gasteiger partial charge in [0.1, 0.15) is 12.1 Å². The van der Waals surface area contributed by atoms with E-state index in [0.29, 0.717) is 11.1 Å². The molecule has 0 saturated carbocycles. The molecule has 2 nitrogen and oxygen atoms in total. The first kappa shape index (κ1) is 12.0. The molecule has 0 N–H and O–H groups in total. The van der Waals surface area contributed by atoms with Crippen LogP contribution in [-0.2, 0) is 0 Å². The zero-order valence-electron chi connectivity index (χ0n) is 8.10. The molecule has 0 saturated heterocycles. The summed E-state index contributed by atoms with van der Waals surface area (Å²) in [5.74, 6) is 1.86. The third kappa shape index (κ3) is 3.51. The maximum absolute atomic E-state index is 8.82. The van der Waals surface area contributed by atoms with Crippen molar-refractivity contribution in [1.82, 2.24) is 0 Å². The Kier molecular flexibility index (Phi) is 5.10. The molecule has 0 radical (unpaired) electrons. The number of thioether (sulfide) groups is 1. The molecule has 0 aliphatic carbocycles. The fourth-order valence-corrected chi connectivity index (χ4v) is 2.32. The van der Waals surface area contributed by atoms with Crippen LogP contribution in [0.5, 0.6) is 0 Å². The van der Waals surface area contributed by atoms with Crippen LogP contribution in [0.1, 0.15) is 17.5 Å². The van der Waals surface area contributed by atoms with Gasteiger partial charge in [-0.1, -0.05) is 0 Å². The van der Waals surface area contributed by atoms with Gasteiger partial charge in [0.05, 0.1) is 11.1 Å². The molecule has 0 aliphatic heterocycles. The van der Waals surface area contributed by atoms with Crippen LogP contribution in [0.15, 0.2) is 23.1 Å². The van der Waals surface area contributed by atoms with Gasteiger partial charge in [-0.15, -0.1) is 11.8 Å². The van der Waals surface area contributed by atoms with Gasteiger partial charge >= 0.3 is 0 Å². The van der Waals surface area contributed by atoms with Gasteiger partial charge in [-0.25, -0.2) is 0 Å². The standard InChI is InChI=1S/C11H10N2S2/c12-7-9-2-3-11(6-10(9)8-13)15-5-1-4-14/h2-3,6,14H,1,4-5H2. The van der Waals surface area contributed by atoms with E-state index < -0.39 is 0 Å². The molecule has 4 heteroatoms. The lowest BCUT2D eigenvalue weighted by Crippen LogP contribution is -1.86. The van der Waals surface area contributed by atoms with Gasteiger partial charge in [0.25, 0.3) is 0 Å². The summed E-state index contributed by atoms with van der Waals surface area (Å²) in [5, 5.41) is 17.6. The Morgan fingerprint density at radius 3 is 2.53 bits per heavy atom. The Balaban J connectivity index is 2.77. The molecule has 0 unspecified atom stereocenters. The Morgan fingerprint density at radius 1 is 1.20 bits per heavy atom. The SMILES string of the molecule is N#Cc1ccc(SCCCS)cc1C#N. The van der Waals surface area contributed by atoms with Crippen LogP contribution in [0.3, 0.4) is 0 Å². The summed E-state index contributed by atoms with van der Waals surface area (Å²) in [6.07, 6.45) is 1.04. The summed E-state index contributed by atoms with van der Waals surface area (Å²) in [4.78, 5) is 1.03. The van der Waals surface area contributed by atoms with E-state index in [1.165, 1.54) is 0 Å². The molecule has 0 heterocycles. The zero-order valence-corrected chi connectivity index (χ0v) is 9.81. The Labute approximate surface area is 99.3 Å². The van der Waals surface area contributed by atoms with Crippen LogP contribution < -0.4 is 0 Å². The number of rotatable bonds is 4. The van der Waals surface area contributed by atoms with E-state index in [1.54, 1.807) is 23.9 Å². The first-order valence-corrected chi connectivity index (χ1v) is 6.11. The van der Waals surface area contributed by atoms with Crippen molar-refractivity contribution in [1.29, 1.82) is 10.5 Å². The molecule has 1 aromatic carbocycles. The topological polar surface area (TPSA) is 47.6 Å². The van der Waals surface area contributed by atoms with Gasteiger partial charge in [0.2, 0.25) is 0 Å². The molecule has 1 rings (SSSR count). The second-order valence-electron chi connectivity index (χ2n) is 2.86. The Bertz CT molecular complexity index is 416. The molecule has 0 fully saturated rings. The van der Waals surface area contributed by atoms with E-state index in [2.05, 4.69) is 12.6 Å². The van der Waals surface area contributed by atoms with Crippen molar-refractivity contribution in [3.8, 4) is 12.1 Å². The van der Waals surface area contributed by atoms with Gasteiger partial charge in [0.15, 0.2) is 0 Å². The highest BCUT2D eigenvalue weighted by atomic mass is 32.2. The normalized spacial score (nSPS) is 9.27. The van der Waals surface area contributed by atoms with Gasteiger partial charge in [-0.2, -0.15) is 23.2 Å². The van der Waals surface area contributed by atoms with Crippen molar-refractivity contribution in [3.63, 3.8) is 0 Å². The Morgan fingerprint density at radius 2 is 1.93 bits per heavy atom. The molecule has 0 bridgehead atoms. The number of hydrogen-bond acceptors (Lipinski definition) is 4. The van der Waals surface area contributed by atoms with Crippen molar-refractivity contribution >= 4 is 24.4 Å². The zero-order chi connectivity index (χ0) is 11.1. The third-order valence-corrected chi connectivity index (χ3v) is 3.20. The van der Waals surface area contributed by atoms with Gasteiger partial charge in [0, 0.05) is 4.90 Å². The number of nitriles is 2. The number of thiol groups is 1. The number of nitrogens with zero attached hydrogens (tertiary/aromatic N) is 2. The molecule has 15 heavy (non-hydrogen) atoms. The minimum Gasteiger partial charge on any atom is -0.192 e. The monoisotopic (exact) mass is 234 g/mol. The predicted octanol–water partition coefficient (Wildman–Crippen LogP) is 2.84. The fraction of sp³-hybridized carbons (Fsp3) is 0.273. The predicted molar refractivity (Wildman–Crippen MR) is 65.1 cm³/mol. The molecular weight excluding hydrogens is 224 g/mol. The van der Waals surface area contributed by atoms with Crippen LogP contribution in [0.4, 0.5) is 0 Å². The molecule has 0 amide bonds. The van der Waals surface area contributed by atoms with E-state index in [1.807, 2.05) is 18.2 Å². The first-order chi connectivity index (χ1) is 7.31. The van der Waals surface area contributed by atoms with Crippen LogP contribution in [0, 0.1) is 22.7 Å². The van der Waals surface area contributed by atoms with Crippen molar-refractivity contribution < 1.29 is 0 Å². The lowest BCUT2D eigenvalue weighted by Gasteiger charge is -2.01. The summed E-state index contributed by atoms with van der Waals surface area (Å²) in [7, 11) is 0. The third-order valence-electron chi connectivity index (χ3n) is 1.80. The van der Waals surface area contributed by atoms with Crippen molar-refractivity contribution in [2.75, 3.05) is 11.5 Å². The average Bonchev–Trinajstić information content (AvgIpc) is 2.29. The van der Waals surface area contributed by atoms with E-state index in [9.17, 15) is 0 Å². The highest BCUT2D eigenvalue weighted by Crippen LogP contribution is 2.21. The van der Waals surface area contributed by atoms with Crippen LogP contribution in [0.2, 0.25) is 0 Å². The van der Waals surface area contributed by atoms with Crippen molar-refractivity contribution in [3.05, 3.63) is 29.3 Å². The highest BCUT2D eigenvalue weighted by Gasteiger charge is 2.02. The van der Waals surface area contributed by atoms with Crippen molar-refractivity contribution in [2.45, 2.75) is 11.3 Å². The molecule has 0 aliphatic rings. The first-order valence-electron chi connectivity index (χ1n) is 4.49. The largest absolute Gasteiger partial charge is 0.192 e. The van der Waals surface area contributed by atoms with Crippen LogP contribution in [-0.4, -0.2) is 11.5 Å². The molecule has 1 aromatic rings. The van der Waals surface area contributed by atoms with Gasteiger partial charge in [-0.05, 0) is 36.1 Å². The van der Waals surface area contributed by atoms with Gasteiger partial charge < -0.3 is 0 Å². The van der Waals surface area contributed by atoms with E-state index in [4.69, 9.17) is 10.5 Å². The molecular formula is C11H10N2S2. The molecule has 0 spiro atoms. The molecule has 0 atom stereocenters. The maximum atomic E-state index is 8.82. The van der Waals surface area contributed by atoms with E-state index in [-0.39, 0.29) is 0 Å². The quantitative estimate of drug-likeness (QED) is 0.495. The molecule has 0 aromatic heterocycles. The van der Waals surface area contributed by atoms with Gasteiger partial charge in [-0.3, -0.25) is 0 Å². The van der Waals surface area contributed by atoms with Crippen LogP contribution in [0.25, 0.3) is 0 Å². The second-order valence-corrected chi connectivity index (χ2v) is 4.47. The Hall–Kier alpha value is -1.10. The van der Waals surface area contributed by atoms with E-state index in [0.717, 1.165) is 22.8 Å². The molecule has 76 valence electrons. The summed E-state index contributed by atoms with van der Waals surface area (Å²) >= 11 is 5.81. The number of benzene rings is 1.